The molecule has 0 unspecified atom stereocenters. The van der Waals surface area contributed by atoms with Gasteiger partial charge in [-0.3, -0.25) is 0 Å². The Morgan fingerprint density at radius 2 is 2.16 bits per heavy atom. The van der Waals surface area contributed by atoms with Gasteiger partial charge < -0.3 is 20.3 Å². The molecule has 1 aliphatic heterocycles. The van der Waals surface area contributed by atoms with E-state index in [0.717, 1.165) is 12.8 Å². The van der Waals surface area contributed by atoms with E-state index in [4.69, 9.17) is 20.5 Å². The molecule has 0 radical (unpaired) electrons. The monoisotopic (exact) mass is 262 g/mol. The summed E-state index contributed by atoms with van der Waals surface area (Å²) in [5.41, 5.74) is 7.25. The third-order valence-corrected chi connectivity index (χ3v) is 3.59. The highest BCUT2D eigenvalue weighted by Gasteiger charge is 2.26. The molecule has 5 heteroatoms. The van der Waals surface area contributed by atoms with Gasteiger partial charge in [0.25, 0.3) is 0 Å². The summed E-state index contributed by atoms with van der Waals surface area (Å²) in [5, 5.41) is 19.2. The molecule has 5 nitrogen and oxygen atoms in total. The van der Waals surface area contributed by atoms with Crippen molar-refractivity contribution in [1.29, 1.82) is 5.26 Å². The van der Waals surface area contributed by atoms with Gasteiger partial charge in [-0.05, 0) is 24.8 Å². The van der Waals surface area contributed by atoms with Gasteiger partial charge >= 0.3 is 0 Å². The number of aromatic hydroxyl groups is 1. The fourth-order valence-corrected chi connectivity index (χ4v) is 2.43. The summed E-state index contributed by atoms with van der Waals surface area (Å²) < 4.78 is 10.4. The largest absolute Gasteiger partial charge is 0.504 e. The first-order valence-electron chi connectivity index (χ1n) is 6.31. The topological polar surface area (TPSA) is 88.5 Å². The molecular formula is C14H18N2O3. The number of rotatable bonds is 3. The van der Waals surface area contributed by atoms with Crippen LogP contribution in [0.15, 0.2) is 12.1 Å². The molecule has 0 amide bonds. The van der Waals surface area contributed by atoms with Gasteiger partial charge in [0.15, 0.2) is 11.5 Å². The summed E-state index contributed by atoms with van der Waals surface area (Å²) >= 11 is 0. The average Bonchev–Trinajstić information content (AvgIpc) is 2.47. The molecule has 1 fully saturated rings. The van der Waals surface area contributed by atoms with E-state index in [1.54, 1.807) is 6.07 Å². The molecular weight excluding hydrogens is 244 g/mol. The number of nitriles is 1. The van der Waals surface area contributed by atoms with Crippen molar-refractivity contribution in [2.24, 2.45) is 11.7 Å². The number of benzene rings is 1. The quantitative estimate of drug-likeness (QED) is 0.865. The van der Waals surface area contributed by atoms with Crippen LogP contribution in [0.25, 0.3) is 0 Å². The standard InChI is InChI=1S/C14H18N2O3/c1-18-12-7-9(8-15)6-11(14(12)17)13(16)10-2-4-19-5-3-10/h6-7,10,13,17H,2-5,16H2,1H3/t13-/m1/s1. The minimum atomic E-state index is -0.314. The van der Waals surface area contributed by atoms with Gasteiger partial charge in [-0.1, -0.05) is 0 Å². The van der Waals surface area contributed by atoms with Gasteiger partial charge in [0.2, 0.25) is 0 Å². The van der Waals surface area contributed by atoms with Crippen molar-refractivity contribution < 1.29 is 14.6 Å². The molecule has 0 aliphatic carbocycles. The Kier molecular flexibility index (Phi) is 4.25. The van der Waals surface area contributed by atoms with Crippen LogP contribution < -0.4 is 10.5 Å². The molecule has 102 valence electrons. The van der Waals surface area contributed by atoms with Gasteiger partial charge in [0.1, 0.15) is 0 Å². The maximum absolute atomic E-state index is 10.2. The van der Waals surface area contributed by atoms with Crippen LogP contribution in [0.5, 0.6) is 11.5 Å². The molecule has 1 aliphatic rings. The van der Waals surface area contributed by atoms with Crippen molar-refractivity contribution in [3.05, 3.63) is 23.3 Å². The summed E-state index contributed by atoms with van der Waals surface area (Å²) in [6.45, 7) is 1.38. The van der Waals surface area contributed by atoms with Crippen LogP contribution >= 0.6 is 0 Å². The number of hydrogen-bond acceptors (Lipinski definition) is 5. The summed E-state index contributed by atoms with van der Waals surface area (Å²) in [4.78, 5) is 0. The third kappa shape index (κ3) is 2.80. The number of hydrogen-bond donors (Lipinski definition) is 2. The van der Waals surface area contributed by atoms with Crippen molar-refractivity contribution in [2.45, 2.75) is 18.9 Å². The Morgan fingerprint density at radius 3 is 2.74 bits per heavy atom. The third-order valence-electron chi connectivity index (χ3n) is 3.59. The molecule has 1 aromatic rings. The fraction of sp³-hybridized carbons (Fsp3) is 0.500. The summed E-state index contributed by atoms with van der Waals surface area (Å²) in [6.07, 6.45) is 1.72. The van der Waals surface area contributed by atoms with E-state index in [9.17, 15) is 5.11 Å². The molecule has 19 heavy (non-hydrogen) atoms. The van der Waals surface area contributed by atoms with Gasteiger partial charge in [0.05, 0.1) is 18.7 Å². The normalized spacial score (nSPS) is 17.7. The lowest BCUT2D eigenvalue weighted by Gasteiger charge is -2.28. The minimum Gasteiger partial charge on any atom is -0.504 e. The molecule has 0 spiro atoms. The van der Waals surface area contributed by atoms with E-state index in [1.807, 2.05) is 0 Å². The van der Waals surface area contributed by atoms with Gasteiger partial charge in [-0.15, -0.1) is 0 Å². The van der Waals surface area contributed by atoms with E-state index in [-0.39, 0.29) is 23.5 Å². The number of ether oxygens (including phenoxy) is 2. The molecule has 0 saturated carbocycles. The highest BCUT2D eigenvalue weighted by atomic mass is 16.5. The highest BCUT2D eigenvalue weighted by molar-refractivity contribution is 5.52. The first-order valence-corrected chi connectivity index (χ1v) is 6.31. The number of methoxy groups -OCH3 is 1. The predicted octanol–water partition coefficient (Wildman–Crippen LogP) is 1.70. The second-order valence-electron chi connectivity index (χ2n) is 4.70. The van der Waals surface area contributed by atoms with Gasteiger partial charge in [-0.2, -0.15) is 5.26 Å². The lowest BCUT2D eigenvalue weighted by molar-refractivity contribution is 0.0581. The van der Waals surface area contributed by atoms with E-state index in [1.165, 1.54) is 13.2 Å². The molecule has 1 heterocycles. The van der Waals surface area contributed by atoms with E-state index in [0.29, 0.717) is 24.3 Å². The molecule has 0 aromatic heterocycles. The van der Waals surface area contributed by atoms with Gasteiger partial charge in [0, 0.05) is 30.9 Å². The first kappa shape index (κ1) is 13.7. The molecule has 3 N–H and O–H groups in total. The van der Waals surface area contributed by atoms with Crippen molar-refractivity contribution in [2.75, 3.05) is 20.3 Å². The van der Waals surface area contributed by atoms with Crippen LogP contribution in [-0.4, -0.2) is 25.4 Å². The second kappa shape index (κ2) is 5.91. The Bertz CT molecular complexity index is 490. The van der Waals surface area contributed by atoms with Crippen LogP contribution in [0.4, 0.5) is 0 Å². The molecule has 0 bridgehead atoms. The van der Waals surface area contributed by atoms with Crippen LogP contribution in [0.1, 0.15) is 30.0 Å². The maximum atomic E-state index is 10.2. The zero-order valence-corrected chi connectivity index (χ0v) is 10.9. The zero-order chi connectivity index (χ0) is 13.8. The van der Waals surface area contributed by atoms with Crippen molar-refractivity contribution in [3.63, 3.8) is 0 Å². The molecule has 2 rings (SSSR count). The van der Waals surface area contributed by atoms with E-state index >= 15 is 0 Å². The number of nitrogens with two attached hydrogens (primary N) is 1. The van der Waals surface area contributed by atoms with Crippen molar-refractivity contribution >= 4 is 0 Å². The number of phenolic OH excluding ortho intramolecular Hbond substituents is 1. The second-order valence-corrected chi connectivity index (χ2v) is 4.70. The molecule has 1 atom stereocenters. The SMILES string of the molecule is COc1cc(C#N)cc([C@H](N)C2CCOCC2)c1O. The number of phenols is 1. The summed E-state index contributed by atoms with van der Waals surface area (Å²) in [7, 11) is 1.46. The van der Waals surface area contributed by atoms with Crippen LogP contribution in [-0.2, 0) is 4.74 Å². The summed E-state index contributed by atoms with van der Waals surface area (Å²) in [5.74, 6) is 0.565. The van der Waals surface area contributed by atoms with Crippen LogP contribution in [0.2, 0.25) is 0 Å². The average molecular weight is 262 g/mol. The van der Waals surface area contributed by atoms with E-state index < -0.39 is 0 Å². The Labute approximate surface area is 112 Å². The van der Waals surface area contributed by atoms with Gasteiger partial charge in [-0.25, -0.2) is 0 Å². The predicted molar refractivity (Wildman–Crippen MR) is 69.8 cm³/mol. The van der Waals surface area contributed by atoms with E-state index in [2.05, 4.69) is 6.07 Å². The first-order chi connectivity index (χ1) is 9.17. The lowest BCUT2D eigenvalue weighted by atomic mass is 9.86. The minimum absolute atomic E-state index is 0.0282. The summed E-state index contributed by atoms with van der Waals surface area (Å²) in [6, 6.07) is 4.89. The zero-order valence-electron chi connectivity index (χ0n) is 10.9. The van der Waals surface area contributed by atoms with Crippen LogP contribution in [0, 0.1) is 17.2 Å². The highest BCUT2D eigenvalue weighted by Crippen LogP contribution is 2.38. The smallest absolute Gasteiger partial charge is 0.162 e. The number of nitrogens with zero attached hydrogens (tertiary/aromatic N) is 1. The van der Waals surface area contributed by atoms with Crippen LogP contribution in [0.3, 0.4) is 0 Å². The lowest BCUT2D eigenvalue weighted by Crippen LogP contribution is -2.27. The molecule has 1 saturated heterocycles. The van der Waals surface area contributed by atoms with Crippen molar-refractivity contribution in [3.8, 4) is 17.6 Å². The van der Waals surface area contributed by atoms with Crippen molar-refractivity contribution in [1.82, 2.24) is 0 Å². The Hall–Kier alpha value is -1.77. The maximum Gasteiger partial charge on any atom is 0.162 e. The Balaban J connectivity index is 2.34. The molecule has 1 aromatic carbocycles. The Morgan fingerprint density at radius 1 is 1.47 bits per heavy atom. The fourth-order valence-electron chi connectivity index (χ4n) is 2.43.